The number of H-pyrrole nitrogens is 3. The number of hydrogen-bond donors (Lipinski definition) is 9. The summed E-state index contributed by atoms with van der Waals surface area (Å²) in [4.78, 5) is 75.7. The van der Waals surface area contributed by atoms with Crippen LogP contribution in [-0.2, 0) is 0 Å². The molecule has 0 radical (unpaired) electrons. The molecule has 3 aromatic heterocycles. The van der Waals surface area contributed by atoms with Crippen LogP contribution in [0.25, 0.3) is 33.8 Å². The molecule has 0 spiro atoms. The summed E-state index contributed by atoms with van der Waals surface area (Å²) in [7, 11) is 2.13. The number of carbonyl (C=O) groups is 3. The summed E-state index contributed by atoms with van der Waals surface area (Å²) in [6, 6.07) is 42.9. The van der Waals surface area contributed by atoms with E-state index in [9.17, 15) is 54.8 Å². The molecule has 0 aliphatic heterocycles. The number of benzene rings is 8. The van der Waals surface area contributed by atoms with E-state index in [0.717, 1.165) is 15.6 Å². The molecule has 13 N–H and O–H groups in total. The fraction of sp³-hybridized carbons (Fsp3) is 0.129. The summed E-state index contributed by atoms with van der Waals surface area (Å²) in [5.41, 5.74) is 35.3. The lowest BCUT2D eigenvalue weighted by Crippen LogP contribution is -2.16. The molecular weight excluding hydrogens is 1500 g/mol. The summed E-state index contributed by atoms with van der Waals surface area (Å²) in [6.07, 6.45) is 9.71. The second kappa shape index (κ2) is 40.2. The van der Waals surface area contributed by atoms with Gasteiger partial charge in [0, 0.05) is 67.7 Å². The number of rotatable bonds is 15. The molecule has 0 unspecified atom stereocenters. The van der Waals surface area contributed by atoms with Gasteiger partial charge in [-0.05, 0) is 145 Å². The van der Waals surface area contributed by atoms with Gasteiger partial charge in [0.25, 0.3) is 39.8 Å². The van der Waals surface area contributed by atoms with Crippen molar-refractivity contribution in [3.63, 3.8) is 0 Å². The number of terminal acetylenes is 1. The molecule has 0 fully saturated rings. The van der Waals surface area contributed by atoms with E-state index in [2.05, 4.69) is 129 Å². The van der Waals surface area contributed by atoms with Crippen molar-refractivity contribution in [3.8, 4) is 74.5 Å². The number of aromatic amines is 3. The Morgan fingerprint density at radius 3 is 1.16 bits per heavy atom. The number of nitrogen functional groups attached to an aromatic ring is 4. The van der Waals surface area contributed by atoms with E-state index in [1.165, 1.54) is 62.0 Å². The Labute approximate surface area is 626 Å². The molecule has 11 rings (SSSR count). The summed E-state index contributed by atoms with van der Waals surface area (Å²) in [6.45, 7) is 12.8. The molecule has 0 saturated heterocycles. The maximum atomic E-state index is 12.4. The molecule has 0 aliphatic carbocycles. The highest BCUT2D eigenvalue weighted by Gasteiger charge is 2.20. The number of halogens is 2. The largest absolute Gasteiger partial charge is 0.497 e. The molecular formula is C70H71BrClN19O14Si2. The molecule has 33 nitrogen and oxygen atoms in total. The van der Waals surface area contributed by atoms with Crippen molar-refractivity contribution in [2.24, 2.45) is 0 Å². The van der Waals surface area contributed by atoms with Crippen LogP contribution >= 0.6 is 27.5 Å². The average Bonchev–Trinajstić information content (AvgIpc) is 1.83. The average molecular weight is 1570 g/mol. The Kier molecular flexibility index (Phi) is 31.6. The van der Waals surface area contributed by atoms with Gasteiger partial charge < -0.3 is 47.8 Å². The molecule has 107 heavy (non-hydrogen) atoms. The number of nitrogens with two attached hydrogens (primary N) is 4. The third-order valence-electron chi connectivity index (χ3n) is 13.5. The van der Waals surface area contributed by atoms with Gasteiger partial charge in [0.15, 0.2) is 0 Å². The van der Waals surface area contributed by atoms with Crippen molar-refractivity contribution in [2.75, 3.05) is 54.9 Å². The number of methoxy groups -OCH3 is 3. The first-order valence-corrected chi connectivity index (χ1v) is 39.1. The van der Waals surface area contributed by atoms with Crippen LogP contribution in [0.5, 0.6) is 17.2 Å². The van der Waals surface area contributed by atoms with Crippen LogP contribution in [0, 0.1) is 63.9 Å². The molecule has 37 heteroatoms. The summed E-state index contributed by atoms with van der Waals surface area (Å²) in [5.74, 6) is 4.29. The number of amides is 2. The zero-order chi connectivity index (χ0) is 79.1. The molecule has 11 aromatic rings. The third-order valence-corrected chi connectivity index (χ3v) is 16.0. The molecule has 0 saturated carbocycles. The Balaban J connectivity index is 0.000000232. The predicted octanol–water partition coefficient (Wildman–Crippen LogP) is 13.8. The Morgan fingerprint density at radius 1 is 0.467 bits per heavy atom. The Bertz CT molecular complexity index is 4980. The lowest BCUT2D eigenvalue weighted by molar-refractivity contribution is -0.384. The molecule has 0 bridgehead atoms. The SMILES string of the molecule is C#C[Si](C)(C)C.COc1ccc(C(=O)Cl)cc1.COc1ccc(C(=O)Nc2cc(-c3cn[nH]n3)ccc2N)cc1.COc1ccc(C(=O)Nc2cc(-c3cn[nH]n3)ccc2[N+](=O)[O-])cc1.C[Si](C)(C)C#Cc1ccc([N+](=O)[O-])c(N)c1.Nc1cc(-c2cn[nH]n2)ccc1[N+](=O)[O-].Nc1cc(Br)ccc1[N+](=O)[O-]. The van der Waals surface area contributed by atoms with E-state index < -0.39 is 47.0 Å². The summed E-state index contributed by atoms with van der Waals surface area (Å²) in [5, 5.41) is 77.8. The first-order valence-electron chi connectivity index (χ1n) is 30.9. The number of aromatic nitrogens is 9. The number of anilines is 6. The minimum absolute atomic E-state index is 0.0619. The minimum Gasteiger partial charge on any atom is -0.497 e. The normalized spacial score (nSPS) is 10.1. The maximum Gasteiger partial charge on any atom is 0.292 e. The van der Waals surface area contributed by atoms with E-state index in [1.54, 1.807) is 136 Å². The van der Waals surface area contributed by atoms with Gasteiger partial charge in [0.05, 0.1) is 71.0 Å². The van der Waals surface area contributed by atoms with E-state index in [0.29, 0.717) is 73.5 Å². The number of hydrogen-bond acceptors (Lipinski definition) is 24. The van der Waals surface area contributed by atoms with Gasteiger partial charge in [-0.3, -0.25) is 54.8 Å². The predicted molar refractivity (Wildman–Crippen MR) is 418 cm³/mol. The second-order valence-corrected chi connectivity index (χ2v) is 34.4. The van der Waals surface area contributed by atoms with Gasteiger partial charge in [-0.1, -0.05) is 67.2 Å². The topological polar surface area (TPSA) is 504 Å². The second-order valence-electron chi connectivity index (χ2n) is 23.6. The van der Waals surface area contributed by atoms with Crippen molar-refractivity contribution in [1.82, 2.24) is 46.2 Å². The van der Waals surface area contributed by atoms with Crippen LogP contribution in [0.3, 0.4) is 0 Å². The summed E-state index contributed by atoms with van der Waals surface area (Å²) < 4.78 is 15.7. The van der Waals surface area contributed by atoms with E-state index >= 15 is 0 Å². The van der Waals surface area contributed by atoms with Gasteiger partial charge in [0.1, 0.15) is 73.2 Å². The van der Waals surface area contributed by atoms with Crippen LogP contribution in [0.1, 0.15) is 36.6 Å². The van der Waals surface area contributed by atoms with Crippen molar-refractivity contribution >= 4 is 118 Å². The van der Waals surface area contributed by atoms with E-state index in [4.69, 9.17) is 55.2 Å². The van der Waals surface area contributed by atoms with Gasteiger partial charge >= 0.3 is 0 Å². The quantitative estimate of drug-likeness (QED) is 0.0115. The number of carbonyl (C=O) groups excluding carboxylic acids is 3. The minimum atomic E-state index is -1.43. The maximum absolute atomic E-state index is 12.4. The van der Waals surface area contributed by atoms with Gasteiger partial charge in [0.2, 0.25) is 0 Å². The van der Waals surface area contributed by atoms with E-state index in [-0.39, 0.29) is 51.4 Å². The first kappa shape index (κ1) is 84.0. The standard InChI is InChI=1S/C16H13N5O4.C16H15N5O2.C11H14N2O2Si.C8H7ClO2.C8H7N5O2.C6H5BrN2O2.C5H10Si/c1-25-12-5-2-10(3-6-12)16(22)18-13-8-11(14-9-17-20-19-14)4-7-15(13)21(23)24;1-23-12-5-2-10(3-6-12)16(22)19-14-8-11(4-7-13(14)17)15-9-18-21-20-15;1-16(2,3)7-6-9-4-5-11(13(14)15)10(12)8-9;1-11-7-4-2-6(3-5-7)8(9)10;9-6-3-5(7-4-10-12-11-7)1-2-8(6)13(14)15;7-4-1-2-6(9(10)11)5(8)3-4;1-5-6(2,3)4/h2-9H,1H3,(H,18,22)(H,17,19,20);2-9H,17H2,1H3,(H,19,22)(H,18,20,21);4-5,8H,12H2,1-3H3;2-5H,1H3;1-4H,9H2,(H,10,11,12);1-3H,8H2;1H,2-4H3. The zero-order valence-corrected chi connectivity index (χ0v) is 63.0. The van der Waals surface area contributed by atoms with Crippen molar-refractivity contribution < 1.29 is 48.3 Å². The van der Waals surface area contributed by atoms with Crippen LogP contribution in [0.2, 0.25) is 39.3 Å². The van der Waals surface area contributed by atoms with Crippen molar-refractivity contribution in [3.05, 3.63) is 250 Å². The fourth-order valence-corrected chi connectivity index (χ4v) is 9.05. The first-order chi connectivity index (χ1) is 50.6. The highest BCUT2D eigenvalue weighted by Crippen LogP contribution is 2.32. The van der Waals surface area contributed by atoms with Crippen LogP contribution in [0.4, 0.5) is 56.9 Å². The Hall–Kier alpha value is -13.7. The fourth-order valence-electron chi connectivity index (χ4n) is 8.03. The number of nitro benzene ring substituents is 4. The smallest absolute Gasteiger partial charge is 0.292 e. The van der Waals surface area contributed by atoms with Crippen LogP contribution < -0.4 is 47.8 Å². The highest BCUT2D eigenvalue weighted by molar-refractivity contribution is 9.10. The third kappa shape index (κ3) is 27.6. The number of nitrogens with one attached hydrogen (secondary N) is 5. The molecule has 0 aliphatic rings. The molecule has 0 atom stereocenters. The molecule has 3 heterocycles. The Morgan fingerprint density at radius 2 is 0.813 bits per heavy atom. The molecule has 8 aromatic carbocycles. The molecule has 2 amide bonds. The monoisotopic (exact) mass is 1570 g/mol. The van der Waals surface area contributed by atoms with E-state index in [1.807, 2.05) is 6.07 Å². The van der Waals surface area contributed by atoms with Gasteiger partial charge in [-0.2, -0.15) is 46.2 Å². The number of ether oxygens (including phenoxy) is 3. The van der Waals surface area contributed by atoms with Crippen LogP contribution in [0.15, 0.2) is 187 Å². The lowest BCUT2D eigenvalue weighted by Gasteiger charge is -2.10. The molecule has 552 valence electrons. The summed E-state index contributed by atoms with van der Waals surface area (Å²) >= 11 is 8.36. The van der Waals surface area contributed by atoms with Gasteiger partial charge in [-0.15, -0.1) is 17.5 Å². The highest BCUT2D eigenvalue weighted by atomic mass is 79.9. The van der Waals surface area contributed by atoms with Crippen molar-refractivity contribution in [2.45, 2.75) is 39.3 Å². The van der Waals surface area contributed by atoms with Crippen molar-refractivity contribution in [1.29, 1.82) is 0 Å². The number of nitro groups is 4. The van der Waals surface area contributed by atoms with Gasteiger partial charge in [-0.25, -0.2) is 0 Å². The number of nitrogens with zero attached hydrogens (tertiary/aromatic N) is 10. The zero-order valence-electron chi connectivity index (χ0n) is 58.7. The lowest BCUT2D eigenvalue weighted by atomic mass is 10.1. The van der Waals surface area contributed by atoms with Crippen LogP contribution in [-0.4, -0.2) is 120 Å².